The molecule has 1 N–H and O–H groups in total. The van der Waals surface area contributed by atoms with Crippen LogP contribution in [0.4, 0.5) is 0 Å². The highest BCUT2D eigenvalue weighted by atomic mass is 28.4. The summed E-state index contributed by atoms with van der Waals surface area (Å²) in [5.41, 5.74) is 0. The minimum Gasteiger partial charge on any atom is -0.466 e. The molecule has 2 atom stereocenters. The Bertz CT molecular complexity index is 1740. The van der Waals surface area contributed by atoms with Gasteiger partial charge >= 0.3 is 11.9 Å². The van der Waals surface area contributed by atoms with Crippen molar-refractivity contribution in [1.82, 2.24) is 10.2 Å². The van der Waals surface area contributed by atoms with Gasteiger partial charge in [0.1, 0.15) is 6.54 Å². The Morgan fingerprint density at radius 1 is 0.519 bits per heavy atom. The van der Waals surface area contributed by atoms with Crippen LogP contribution < -0.4 is 15.7 Å². The molecule has 0 radical (unpaired) electrons. The van der Waals surface area contributed by atoms with Crippen molar-refractivity contribution in [3.8, 4) is 0 Å². The third-order valence-electron chi connectivity index (χ3n) is 15.4. The van der Waals surface area contributed by atoms with E-state index in [-0.39, 0.29) is 35.3 Å². The lowest BCUT2D eigenvalue weighted by atomic mass is 9.93. The number of carbonyl (C=O) groups excluding carboxylic acids is 3. The summed E-state index contributed by atoms with van der Waals surface area (Å²) in [6.45, 7) is 16.2. The highest BCUT2D eigenvalue weighted by Gasteiger charge is 2.50. The van der Waals surface area contributed by atoms with Crippen LogP contribution in [0.15, 0.2) is 85.0 Å². The van der Waals surface area contributed by atoms with E-state index in [4.69, 9.17) is 13.9 Å². The number of hydrogen-bond acceptors (Lipinski definition) is 7. The standard InChI is InChI=1S/C68H116N2O6Si/c1-8-11-14-17-19-20-21-22-23-24-25-26-27-29-42-55-65(71)74-57-44-32-36-49-62(50-37-33-45-59-76-77(68(4,5)6,63-51-38-30-39-52-63)64-53-40-31-41-54-64)69-56-43-46-58-75-66(72)60-70(7)67(73)61(47-34-16-13-10-3)48-35-28-18-15-12-9-2/h19-20,22-23,30-31,38-41,51-54,61-62,69H,8-18,21,24-29,32-37,42-50,55-60H2,1-7H3/b20-19-,23-22-. The first-order valence-corrected chi connectivity index (χ1v) is 33.7. The van der Waals surface area contributed by atoms with Crippen LogP contribution in [0.1, 0.15) is 260 Å². The quantitative estimate of drug-likeness (QED) is 0.0305. The SMILES string of the molecule is CCCCC/C=C\C/C=C\CCCCCCCC(=O)OCCCCCC(CCCCCO[Si](c1ccccc1)(c1ccccc1)C(C)(C)C)NCCCCOC(=O)CN(C)C(=O)C(CCCCCC)CCCCCCCC. The molecule has 0 aromatic heterocycles. The van der Waals surface area contributed by atoms with Gasteiger partial charge in [-0.05, 0) is 112 Å². The van der Waals surface area contributed by atoms with Gasteiger partial charge in [0.15, 0.2) is 0 Å². The van der Waals surface area contributed by atoms with E-state index in [2.05, 4.69) is 132 Å². The van der Waals surface area contributed by atoms with E-state index in [1.165, 1.54) is 100 Å². The maximum absolute atomic E-state index is 13.6. The topological polar surface area (TPSA) is 94.2 Å². The molecule has 2 aromatic carbocycles. The predicted octanol–water partition coefficient (Wildman–Crippen LogP) is 17.1. The number of nitrogens with zero attached hydrogens (tertiary/aromatic N) is 1. The Balaban J connectivity index is 1.82. The van der Waals surface area contributed by atoms with Gasteiger partial charge in [-0.15, -0.1) is 0 Å². The first-order chi connectivity index (χ1) is 37.5. The molecule has 9 heteroatoms. The number of rotatable bonds is 50. The number of allylic oxidation sites excluding steroid dienone is 4. The van der Waals surface area contributed by atoms with Crippen molar-refractivity contribution in [3.05, 3.63) is 85.0 Å². The molecule has 0 heterocycles. The number of nitrogens with one attached hydrogen (secondary N) is 1. The van der Waals surface area contributed by atoms with Crippen LogP contribution in [-0.4, -0.2) is 77.1 Å². The normalized spacial score (nSPS) is 12.9. The van der Waals surface area contributed by atoms with Crippen molar-refractivity contribution in [2.24, 2.45) is 5.92 Å². The molecule has 0 spiro atoms. The highest BCUT2D eigenvalue weighted by molar-refractivity contribution is 6.99. The van der Waals surface area contributed by atoms with Gasteiger partial charge < -0.3 is 24.1 Å². The number of ether oxygens (including phenoxy) is 2. The van der Waals surface area contributed by atoms with E-state index in [0.29, 0.717) is 25.7 Å². The zero-order valence-corrected chi connectivity index (χ0v) is 51.7. The molecule has 0 aliphatic rings. The third kappa shape index (κ3) is 33.0. The molecule has 0 saturated heterocycles. The van der Waals surface area contributed by atoms with Gasteiger partial charge in [0.25, 0.3) is 8.32 Å². The average molecular weight is 1090 g/mol. The molecule has 438 valence electrons. The first-order valence-electron chi connectivity index (χ1n) is 31.8. The van der Waals surface area contributed by atoms with Crippen molar-refractivity contribution < 1.29 is 28.3 Å². The second-order valence-electron chi connectivity index (χ2n) is 23.3. The van der Waals surface area contributed by atoms with Crippen LogP contribution in [-0.2, 0) is 28.3 Å². The monoisotopic (exact) mass is 1080 g/mol. The third-order valence-corrected chi connectivity index (χ3v) is 20.4. The summed E-state index contributed by atoms with van der Waals surface area (Å²) >= 11 is 0. The molecule has 2 rings (SSSR count). The maximum Gasteiger partial charge on any atom is 0.325 e. The fourth-order valence-corrected chi connectivity index (χ4v) is 15.3. The Hall–Kier alpha value is -3.53. The minimum absolute atomic E-state index is 0.00886. The van der Waals surface area contributed by atoms with Gasteiger partial charge in [-0.25, -0.2) is 0 Å². The lowest BCUT2D eigenvalue weighted by Gasteiger charge is -2.43. The summed E-state index contributed by atoms with van der Waals surface area (Å²) in [5.74, 6) is -0.286. The van der Waals surface area contributed by atoms with Gasteiger partial charge in [-0.1, -0.05) is 249 Å². The first kappa shape index (κ1) is 69.6. The molecule has 2 unspecified atom stereocenters. The smallest absolute Gasteiger partial charge is 0.325 e. The van der Waals surface area contributed by atoms with Crippen LogP contribution >= 0.6 is 0 Å². The number of unbranched alkanes of at least 4 members (excludes halogenated alkanes) is 21. The van der Waals surface area contributed by atoms with Crippen LogP contribution in [0.2, 0.25) is 5.04 Å². The van der Waals surface area contributed by atoms with Gasteiger partial charge in [0, 0.05) is 32.0 Å². The van der Waals surface area contributed by atoms with E-state index in [1.54, 1.807) is 11.9 Å². The molecule has 2 aromatic rings. The van der Waals surface area contributed by atoms with Crippen LogP contribution in [0, 0.1) is 5.92 Å². The Kier molecular flexibility index (Phi) is 41.8. The zero-order chi connectivity index (χ0) is 55.9. The molecule has 0 aliphatic heterocycles. The summed E-state index contributed by atoms with van der Waals surface area (Å²) in [4.78, 5) is 40.6. The lowest BCUT2D eigenvalue weighted by molar-refractivity contribution is -0.150. The molecule has 0 aliphatic carbocycles. The van der Waals surface area contributed by atoms with E-state index in [9.17, 15) is 14.4 Å². The maximum atomic E-state index is 13.6. The van der Waals surface area contributed by atoms with Crippen LogP contribution in [0.3, 0.4) is 0 Å². The summed E-state index contributed by atoms with van der Waals surface area (Å²) in [7, 11) is -0.789. The van der Waals surface area contributed by atoms with Gasteiger partial charge in [0.2, 0.25) is 5.91 Å². The van der Waals surface area contributed by atoms with E-state index in [1.807, 2.05) is 0 Å². The molecule has 8 nitrogen and oxygen atoms in total. The Labute approximate surface area is 474 Å². The van der Waals surface area contributed by atoms with Crippen molar-refractivity contribution >= 4 is 36.5 Å². The Morgan fingerprint density at radius 2 is 0.961 bits per heavy atom. The number of esters is 2. The second kappa shape index (κ2) is 46.2. The van der Waals surface area contributed by atoms with E-state index >= 15 is 0 Å². The number of benzene rings is 2. The molecule has 77 heavy (non-hydrogen) atoms. The number of hydrogen-bond donors (Lipinski definition) is 1. The largest absolute Gasteiger partial charge is 0.466 e. The Morgan fingerprint density at radius 3 is 1.53 bits per heavy atom. The average Bonchev–Trinajstić information content (AvgIpc) is 3.46. The second-order valence-corrected chi connectivity index (χ2v) is 27.6. The highest BCUT2D eigenvalue weighted by Crippen LogP contribution is 2.37. The molecular formula is C68H116N2O6Si. The van der Waals surface area contributed by atoms with Crippen molar-refractivity contribution in [2.45, 2.75) is 271 Å². The van der Waals surface area contributed by atoms with Gasteiger partial charge in [0.05, 0.1) is 13.2 Å². The molecule has 0 saturated carbocycles. The minimum atomic E-state index is -2.56. The number of amides is 1. The van der Waals surface area contributed by atoms with Gasteiger partial charge in [-0.3, -0.25) is 14.4 Å². The summed E-state index contributed by atoms with van der Waals surface area (Å²) in [6, 6.07) is 22.2. The molecule has 0 bridgehead atoms. The lowest BCUT2D eigenvalue weighted by Crippen LogP contribution is -2.66. The summed E-state index contributed by atoms with van der Waals surface area (Å²) in [5, 5.41) is 6.47. The summed E-state index contributed by atoms with van der Waals surface area (Å²) < 4.78 is 18.5. The molecule has 1 amide bonds. The zero-order valence-electron chi connectivity index (χ0n) is 50.7. The van der Waals surface area contributed by atoms with E-state index in [0.717, 1.165) is 135 Å². The fourth-order valence-electron chi connectivity index (χ4n) is 10.7. The van der Waals surface area contributed by atoms with Crippen LogP contribution in [0.25, 0.3) is 0 Å². The predicted molar refractivity (Wildman–Crippen MR) is 331 cm³/mol. The number of likely N-dealkylation sites (N-methyl/N-ethyl adjacent to an activating group) is 1. The van der Waals surface area contributed by atoms with E-state index < -0.39 is 8.32 Å². The van der Waals surface area contributed by atoms with Crippen molar-refractivity contribution in [2.75, 3.05) is 40.0 Å². The van der Waals surface area contributed by atoms with Crippen molar-refractivity contribution in [1.29, 1.82) is 0 Å². The number of carbonyl (C=O) groups is 3. The molecule has 0 fully saturated rings. The van der Waals surface area contributed by atoms with Crippen molar-refractivity contribution in [3.63, 3.8) is 0 Å². The fraction of sp³-hybridized carbons (Fsp3) is 0.721. The summed E-state index contributed by atoms with van der Waals surface area (Å²) in [6.07, 6.45) is 46.5. The van der Waals surface area contributed by atoms with Gasteiger partial charge in [-0.2, -0.15) is 0 Å². The molecular weight excluding hydrogens is 969 g/mol. The van der Waals surface area contributed by atoms with Crippen LogP contribution in [0.5, 0.6) is 0 Å².